The molecule has 2 rings (SSSR count). The molecule has 2 heterocycles. The maximum Gasteiger partial charge on any atom is 0.433 e. The van der Waals surface area contributed by atoms with E-state index in [0.29, 0.717) is 10.9 Å². The van der Waals surface area contributed by atoms with E-state index in [2.05, 4.69) is 10.3 Å². The van der Waals surface area contributed by atoms with Gasteiger partial charge in [0.2, 0.25) is 0 Å². The van der Waals surface area contributed by atoms with Crippen LogP contribution in [-0.2, 0) is 11.0 Å². The zero-order valence-corrected chi connectivity index (χ0v) is 13.9. The van der Waals surface area contributed by atoms with Crippen molar-refractivity contribution in [1.82, 2.24) is 10.3 Å². The summed E-state index contributed by atoms with van der Waals surface area (Å²) in [5.74, 6) is -2.14. The van der Waals surface area contributed by atoms with Gasteiger partial charge in [0.05, 0.1) is 4.88 Å². The molecule has 2 aromatic rings. The fourth-order valence-electron chi connectivity index (χ4n) is 2.19. The van der Waals surface area contributed by atoms with Crippen molar-refractivity contribution in [3.8, 4) is 0 Å². The lowest BCUT2D eigenvalue weighted by molar-refractivity contribution is -0.141. The van der Waals surface area contributed by atoms with E-state index in [9.17, 15) is 22.8 Å². The fraction of sp³-hybridized carbons (Fsp3) is 0.400. The quantitative estimate of drug-likeness (QED) is 0.875. The summed E-state index contributed by atoms with van der Waals surface area (Å²) in [5.41, 5.74) is -0.560. The lowest BCUT2D eigenvalue weighted by atomic mass is 10.0. The number of pyridine rings is 1. The third kappa shape index (κ3) is 3.50. The third-order valence-corrected chi connectivity index (χ3v) is 4.72. The highest BCUT2D eigenvalue weighted by Gasteiger charge is 2.33. The van der Waals surface area contributed by atoms with E-state index in [-0.39, 0.29) is 15.6 Å². The minimum absolute atomic E-state index is 0.0869. The number of alkyl halides is 3. The molecule has 0 unspecified atom stereocenters. The number of hydrogen-bond donors (Lipinski definition) is 2. The molecule has 0 spiro atoms. The molecule has 5 nitrogen and oxygen atoms in total. The van der Waals surface area contributed by atoms with E-state index in [0.717, 1.165) is 17.4 Å². The normalized spacial score (nSPS) is 13.3. The second-order valence-corrected chi connectivity index (χ2v) is 6.64. The number of carboxylic acid groups (broad SMARTS) is 1. The van der Waals surface area contributed by atoms with Crippen LogP contribution in [-0.4, -0.2) is 28.0 Å². The first kappa shape index (κ1) is 18.2. The Labute approximate surface area is 139 Å². The van der Waals surface area contributed by atoms with Gasteiger partial charge in [-0.2, -0.15) is 13.2 Å². The minimum Gasteiger partial charge on any atom is -0.480 e. The Morgan fingerprint density at radius 2 is 1.92 bits per heavy atom. The molecule has 24 heavy (non-hydrogen) atoms. The van der Waals surface area contributed by atoms with Crippen LogP contribution in [0, 0.1) is 12.8 Å². The van der Waals surface area contributed by atoms with Crippen LogP contribution >= 0.6 is 11.3 Å². The standard InChI is InChI=1S/C15H15F3N2O3S/c1-6(2)10(14(22)23)20-12(21)11-7(3)8-4-5-9(15(16,17)18)19-13(8)24-11/h4-6,10H,1-3H3,(H,20,21)(H,22,23)/t10-/m1/s1. The molecule has 0 aliphatic carbocycles. The molecule has 1 amide bonds. The first-order valence-electron chi connectivity index (χ1n) is 7.03. The molecule has 2 aromatic heterocycles. The number of carbonyl (C=O) groups excluding carboxylic acids is 1. The molecule has 0 aromatic carbocycles. The van der Waals surface area contributed by atoms with Crippen molar-refractivity contribution in [1.29, 1.82) is 0 Å². The lowest BCUT2D eigenvalue weighted by Crippen LogP contribution is -2.44. The molecule has 1 atom stereocenters. The van der Waals surface area contributed by atoms with Crippen LogP contribution in [0.3, 0.4) is 0 Å². The summed E-state index contributed by atoms with van der Waals surface area (Å²) in [6.07, 6.45) is -4.57. The summed E-state index contributed by atoms with van der Waals surface area (Å²) in [4.78, 5) is 27.3. The van der Waals surface area contributed by atoms with Crippen molar-refractivity contribution >= 4 is 33.4 Å². The van der Waals surface area contributed by atoms with Crippen LogP contribution < -0.4 is 5.32 Å². The number of amides is 1. The predicted molar refractivity (Wildman–Crippen MR) is 83.1 cm³/mol. The van der Waals surface area contributed by atoms with Crippen molar-refractivity contribution < 1.29 is 27.9 Å². The first-order chi connectivity index (χ1) is 11.0. The van der Waals surface area contributed by atoms with E-state index < -0.39 is 29.8 Å². The Balaban J connectivity index is 2.40. The molecule has 0 aliphatic heterocycles. The van der Waals surface area contributed by atoms with Crippen LogP contribution in [0.2, 0.25) is 0 Å². The Morgan fingerprint density at radius 1 is 1.29 bits per heavy atom. The largest absolute Gasteiger partial charge is 0.480 e. The maximum absolute atomic E-state index is 12.7. The number of carboxylic acids is 1. The molecule has 0 radical (unpaired) electrons. The molecule has 2 N–H and O–H groups in total. The molecule has 0 aliphatic rings. The third-order valence-electron chi connectivity index (χ3n) is 3.52. The van der Waals surface area contributed by atoms with E-state index in [4.69, 9.17) is 5.11 Å². The van der Waals surface area contributed by atoms with Gasteiger partial charge in [-0.3, -0.25) is 4.79 Å². The average molecular weight is 360 g/mol. The topological polar surface area (TPSA) is 79.3 Å². The first-order valence-corrected chi connectivity index (χ1v) is 7.85. The van der Waals surface area contributed by atoms with Crippen molar-refractivity contribution in [2.24, 2.45) is 5.92 Å². The summed E-state index contributed by atoms with van der Waals surface area (Å²) in [5, 5.41) is 12.0. The number of aromatic nitrogens is 1. The number of carbonyl (C=O) groups is 2. The van der Waals surface area contributed by atoms with Gasteiger partial charge in [0, 0.05) is 5.39 Å². The molecular weight excluding hydrogens is 345 g/mol. The monoisotopic (exact) mass is 360 g/mol. The van der Waals surface area contributed by atoms with Gasteiger partial charge in [-0.25, -0.2) is 9.78 Å². The van der Waals surface area contributed by atoms with Gasteiger partial charge in [-0.1, -0.05) is 13.8 Å². The summed E-state index contributed by atoms with van der Waals surface area (Å²) >= 11 is 0.812. The summed E-state index contributed by atoms with van der Waals surface area (Å²) in [7, 11) is 0. The van der Waals surface area contributed by atoms with Gasteiger partial charge < -0.3 is 10.4 Å². The zero-order valence-electron chi connectivity index (χ0n) is 13.1. The van der Waals surface area contributed by atoms with Crippen LogP contribution in [0.4, 0.5) is 13.2 Å². The molecule has 0 saturated carbocycles. The molecule has 130 valence electrons. The van der Waals surface area contributed by atoms with Gasteiger partial charge in [0.1, 0.15) is 16.6 Å². The lowest BCUT2D eigenvalue weighted by Gasteiger charge is -2.17. The fourth-order valence-corrected chi connectivity index (χ4v) is 3.28. The number of nitrogens with one attached hydrogen (secondary N) is 1. The van der Waals surface area contributed by atoms with Crippen LogP contribution in [0.15, 0.2) is 12.1 Å². The Kier molecular flexibility index (Phi) is 4.84. The number of aliphatic carboxylic acids is 1. The van der Waals surface area contributed by atoms with Crippen LogP contribution in [0.25, 0.3) is 10.2 Å². The van der Waals surface area contributed by atoms with Gasteiger partial charge in [-0.15, -0.1) is 11.3 Å². The minimum atomic E-state index is -4.57. The van der Waals surface area contributed by atoms with E-state index in [1.54, 1.807) is 20.8 Å². The molecule has 0 bridgehead atoms. The van der Waals surface area contributed by atoms with Gasteiger partial charge in [0.15, 0.2) is 0 Å². The number of rotatable bonds is 4. The molecular formula is C15H15F3N2O3S. The maximum atomic E-state index is 12.7. The second kappa shape index (κ2) is 6.39. The Hall–Kier alpha value is -2.16. The highest BCUT2D eigenvalue weighted by Crippen LogP contribution is 2.34. The number of nitrogens with zero attached hydrogens (tertiary/aromatic N) is 1. The molecule has 9 heteroatoms. The highest BCUT2D eigenvalue weighted by molar-refractivity contribution is 7.20. The SMILES string of the molecule is Cc1c(C(=O)N[C@@H](C(=O)O)C(C)C)sc2nc(C(F)(F)F)ccc12. The Bertz CT molecular complexity index is 799. The number of fused-ring (bicyclic) bond motifs is 1. The highest BCUT2D eigenvalue weighted by atomic mass is 32.1. The van der Waals surface area contributed by atoms with Crippen LogP contribution in [0.1, 0.15) is 34.8 Å². The van der Waals surface area contributed by atoms with Crippen LogP contribution in [0.5, 0.6) is 0 Å². The average Bonchev–Trinajstić information content (AvgIpc) is 2.79. The number of hydrogen-bond acceptors (Lipinski definition) is 4. The summed E-state index contributed by atoms with van der Waals surface area (Å²) < 4.78 is 38.2. The van der Waals surface area contributed by atoms with E-state index in [1.807, 2.05) is 0 Å². The summed E-state index contributed by atoms with van der Waals surface area (Å²) in [6, 6.07) is 1.05. The van der Waals surface area contributed by atoms with Gasteiger partial charge >= 0.3 is 12.1 Å². The summed E-state index contributed by atoms with van der Waals surface area (Å²) in [6.45, 7) is 4.88. The zero-order chi connectivity index (χ0) is 18.2. The number of aryl methyl sites for hydroxylation is 1. The second-order valence-electron chi connectivity index (χ2n) is 5.64. The number of thiophene rings is 1. The van der Waals surface area contributed by atoms with Gasteiger partial charge in [0.25, 0.3) is 5.91 Å². The van der Waals surface area contributed by atoms with Crippen molar-refractivity contribution in [2.75, 3.05) is 0 Å². The molecule has 0 fully saturated rings. The smallest absolute Gasteiger partial charge is 0.433 e. The van der Waals surface area contributed by atoms with Crippen molar-refractivity contribution in [3.63, 3.8) is 0 Å². The predicted octanol–water partition coefficient (Wildman–Crippen LogP) is 3.46. The van der Waals surface area contributed by atoms with Crippen molar-refractivity contribution in [2.45, 2.75) is 33.0 Å². The number of halogens is 3. The van der Waals surface area contributed by atoms with Crippen molar-refractivity contribution in [3.05, 3.63) is 28.3 Å². The van der Waals surface area contributed by atoms with E-state index >= 15 is 0 Å². The van der Waals surface area contributed by atoms with E-state index in [1.165, 1.54) is 6.07 Å². The van der Waals surface area contributed by atoms with Gasteiger partial charge in [-0.05, 0) is 30.5 Å². The molecule has 0 saturated heterocycles. The Morgan fingerprint density at radius 3 is 2.42 bits per heavy atom.